The number of hydrogen-bond donors (Lipinski definition) is 2. The number of carbonyl (C=O) groups is 2. The average molecular weight is 292 g/mol. The third kappa shape index (κ3) is 5.91. The van der Waals surface area contributed by atoms with Crippen LogP contribution < -0.4 is 10.6 Å². The Morgan fingerprint density at radius 2 is 2.05 bits per heavy atom. The van der Waals surface area contributed by atoms with Gasteiger partial charge in [-0.15, -0.1) is 0 Å². The summed E-state index contributed by atoms with van der Waals surface area (Å²) in [6.45, 7) is 5.23. The molecule has 0 bridgehead atoms. The summed E-state index contributed by atoms with van der Waals surface area (Å²) in [5.74, 6) is -0.455. The summed E-state index contributed by atoms with van der Waals surface area (Å²) in [6.07, 6.45) is 2.33. The van der Waals surface area contributed by atoms with E-state index in [-0.39, 0.29) is 23.6 Å². The Morgan fingerprint density at radius 1 is 1.33 bits per heavy atom. The van der Waals surface area contributed by atoms with E-state index in [1.165, 1.54) is 12.3 Å². The first kappa shape index (κ1) is 17.1. The quantitative estimate of drug-likeness (QED) is 0.783. The SMILES string of the molecule is CCC(C)NC(=O)c1ccnc(C(=O)NCCN(C)C)c1. The lowest BCUT2D eigenvalue weighted by Gasteiger charge is -2.12. The zero-order valence-corrected chi connectivity index (χ0v) is 13.1. The van der Waals surface area contributed by atoms with Crippen LogP contribution >= 0.6 is 0 Å². The third-order valence-electron chi connectivity index (χ3n) is 3.09. The largest absolute Gasteiger partial charge is 0.350 e. The maximum atomic E-state index is 12.0. The minimum atomic E-state index is -0.268. The van der Waals surface area contributed by atoms with E-state index in [1.54, 1.807) is 6.07 Å². The molecule has 1 heterocycles. The van der Waals surface area contributed by atoms with E-state index in [1.807, 2.05) is 32.8 Å². The van der Waals surface area contributed by atoms with Gasteiger partial charge in [0.25, 0.3) is 11.8 Å². The van der Waals surface area contributed by atoms with E-state index >= 15 is 0 Å². The first-order valence-corrected chi connectivity index (χ1v) is 7.14. The van der Waals surface area contributed by atoms with Crippen LogP contribution in [0.1, 0.15) is 41.1 Å². The molecule has 0 spiro atoms. The van der Waals surface area contributed by atoms with Crippen LogP contribution in [0.3, 0.4) is 0 Å². The van der Waals surface area contributed by atoms with Crippen molar-refractivity contribution in [1.29, 1.82) is 0 Å². The van der Waals surface area contributed by atoms with Crippen LogP contribution in [0.5, 0.6) is 0 Å². The number of hydrogen-bond acceptors (Lipinski definition) is 4. The van der Waals surface area contributed by atoms with Crippen molar-refractivity contribution in [2.24, 2.45) is 0 Å². The molecule has 6 heteroatoms. The highest BCUT2D eigenvalue weighted by atomic mass is 16.2. The van der Waals surface area contributed by atoms with Gasteiger partial charge in [-0.05, 0) is 39.6 Å². The summed E-state index contributed by atoms with van der Waals surface area (Å²) >= 11 is 0. The predicted molar refractivity (Wildman–Crippen MR) is 82.3 cm³/mol. The summed E-state index contributed by atoms with van der Waals surface area (Å²) in [7, 11) is 3.87. The number of nitrogens with zero attached hydrogens (tertiary/aromatic N) is 2. The number of amides is 2. The van der Waals surface area contributed by atoms with Crippen molar-refractivity contribution in [3.63, 3.8) is 0 Å². The third-order valence-corrected chi connectivity index (χ3v) is 3.09. The van der Waals surface area contributed by atoms with Gasteiger partial charge in [0.2, 0.25) is 0 Å². The zero-order valence-electron chi connectivity index (χ0n) is 13.1. The van der Waals surface area contributed by atoms with Gasteiger partial charge >= 0.3 is 0 Å². The molecule has 2 N–H and O–H groups in total. The molecule has 6 nitrogen and oxygen atoms in total. The molecule has 0 saturated heterocycles. The van der Waals surface area contributed by atoms with Gasteiger partial charge < -0.3 is 15.5 Å². The summed E-state index contributed by atoms with van der Waals surface area (Å²) in [5, 5.41) is 5.64. The first-order valence-electron chi connectivity index (χ1n) is 7.14. The van der Waals surface area contributed by atoms with Gasteiger partial charge in [0.15, 0.2) is 0 Å². The zero-order chi connectivity index (χ0) is 15.8. The first-order chi connectivity index (χ1) is 9.93. The second kappa shape index (κ2) is 8.36. The fourth-order valence-corrected chi connectivity index (χ4v) is 1.59. The topological polar surface area (TPSA) is 74.3 Å². The van der Waals surface area contributed by atoms with Gasteiger partial charge in [0.05, 0.1) is 0 Å². The lowest BCUT2D eigenvalue weighted by molar-refractivity contribution is 0.0939. The number of rotatable bonds is 7. The molecule has 0 radical (unpaired) electrons. The molecule has 1 aromatic heterocycles. The summed E-state index contributed by atoms with van der Waals surface area (Å²) in [5.41, 5.74) is 0.702. The molecule has 0 aromatic carbocycles. The fourth-order valence-electron chi connectivity index (χ4n) is 1.59. The standard InChI is InChI=1S/C15H24N4O2/c1-5-11(2)18-14(20)12-6-7-16-13(10-12)15(21)17-8-9-19(3)4/h6-7,10-11H,5,8-9H2,1-4H3,(H,17,21)(H,18,20). The Bertz CT molecular complexity index is 488. The minimum absolute atomic E-state index is 0.100. The molecule has 1 unspecified atom stereocenters. The van der Waals surface area contributed by atoms with E-state index in [0.717, 1.165) is 13.0 Å². The maximum Gasteiger partial charge on any atom is 0.269 e. The normalized spacial score (nSPS) is 12.0. The van der Waals surface area contributed by atoms with E-state index in [9.17, 15) is 9.59 Å². The van der Waals surface area contributed by atoms with Gasteiger partial charge in [0.1, 0.15) is 5.69 Å². The molecule has 1 rings (SSSR count). The molecule has 1 aromatic rings. The van der Waals surface area contributed by atoms with Crippen molar-refractivity contribution >= 4 is 11.8 Å². The molecule has 1 atom stereocenters. The predicted octanol–water partition coefficient (Wildman–Crippen LogP) is 0.901. The van der Waals surface area contributed by atoms with Crippen LogP contribution in [0, 0.1) is 0 Å². The van der Waals surface area contributed by atoms with Crippen molar-refractivity contribution < 1.29 is 9.59 Å². The van der Waals surface area contributed by atoms with Gasteiger partial charge in [-0.25, -0.2) is 0 Å². The molecule has 0 aliphatic rings. The number of nitrogens with one attached hydrogen (secondary N) is 2. The molecule has 0 aliphatic heterocycles. The molecule has 21 heavy (non-hydrogen) atoms. The lowest BCUT2D eigenvalue weighted by Crippen LogP contribution is -2.33. The summed E-state index contributed by atoms with van der Waals surface area (Å²) in [6, 6.07) is 3.22. The van der Waals surface area contributed by atoms with E-state index in [2.05, 4.69) is 15.6 Å². The molecule has 0 saturated carbocycles. The smallest absolute Gasteiger partial charge is 0.269 e. The van der Waals surface area contributed by atoms with Crippen molar-refractivity contribution in [3.8, 4) is 0 Å². The number of pyridine rings is 1. The fraction of sp³-hybridized carbons (Fsp3) is 0.533. The van der Waals surface area contributed by atoms with Crippen molar-refractivity contribution in [2.45, 2.75) is 26.3 Å². The van der Waals surface area contributed by atoms with Gasteiger partial charge in [-0.3, -0.25) is 14.6 Å². The highest BCUT2D eigenvalue weighted by Crippen LogP contribution is 2.03. The highest BCUT2D eigenvalue weighted by Gasteiger charge is 2.12. The molecular formula is C15H24N4O2. The van der Waals surface area contributed by atoms with Gasteiger partial charge in [-0.1, -0.05) is 6.92 Å². The molecule has 0 aliphatic carbocycles. The highest BCUT2D eigenvalue weighted by molar-refractivity contribution is 5.98. The molecule has 0 fully saturated rings. The Hall–Kier alpha value is -1.95. The molecule has 116 valence electrons. The molecule has 2 amide bonds. The Labute approximate surface area is 125 Å². The summed E-state index contributed by atoms with van der Waals surface area (Å²) in [4.78, 5) is 30.0. The van der Waals surface area contributed by atoms with E-state index in [4.69, 9.17) is 0 Å². The van der Waals surface area contributed by atoms with Crippen LogP contribution in [0.15, 0.2) is 18.3 Å². The monoisotopic (exact) mass is 292 g/mol. The van der Waals surface area contributed by atoms with Crippen molar-refractivity contribution in [1.82, 2.24) is 20.5 Å². The van der Waals surface area contributed by atoms with Crippen LogP contribution in [-0.4, -0.2) is 54.9 Å². The average Bonchev–Trinajstić information content (AvgIpc) is 2.46. The number of carbonyl (C=O) groups excluding carboxylic acids is 2. The maximum absolute atomic E-state index is 12.0. The Morgan fingerprint density at radius 3 is 2.67 bits per heavy atom. The number of aromatic nitrogens is 1. The van der Waals surface area contributed by atoms with Crippen LogP contribution in [0.4, 0.5) is 0 Å². The Balaban J connectivity index is 2.67. The summed E-state index contributed by atoms with van der Waals surface area (Å²) < 4.78 is 0. The lowest BCUT2D eigenvalue weighted by atomic mass is 10.2. The molecular weight excluding hydrogens is 268 g/mol. The van der Waals surface area contributed by atoms with Gasteiger partial charge in [-0.2, -0.15) is 0 Å². The number of likely N-dealkylation sites (N-methyl/N-ethyl adjacent to an activating group) is 1. The van der Waals surface area contributed by atoms with Crippen LogP contribution in [-0.2, 0) is 0 Å². The van der Waals surface area contributed by atoms with Crippen molar-refractivity contribution in [3.05, 3.63) is 29.6 Å². The Kier molecular flexibility index (Phi) is 6.81. The van der Waals surface area contributed by atoms with Crippen LogP contribution in [0.25, 0.3) is 0 Å². The van der Waals surface area contributed by atoms with Crippen molar-refractivity contribution in [2.75, 3.05) is 27.2 Å². The van der Waals surface area contributed by atoms with E-state index in [0.29, 0.717) is 12.1 Å². The van der Waals surface area contributed by atoms with Crippen LogP contribution in [0.2, 0.25) is 0 Å². The second-order valence-electron chi connectivity index (χ2n) is 5.27. The van der Waals surface area contributed by atoms with Gasteiger partial charge in [0, 0.05) is 30.9 Å². The van der Waals surface area contributed by atoms with E-state index < -0.39 is 0 Å². The minimum Gasteiger partial charge on any atom is -0.350 e. The second-order valence-corrected chi connectivity index (χ2v) is 5.27.